The predicted octanol–water partition coefficient (Wildman–Crippen LogP) is 1.21. The van der Waals surface area contributed by atoms with Crippen molar-refractivity contribution in [3.05, 3.63) is 12.0 Å². The van der Waals surface area contributed by atoms with E-state index in [0.717, 1.165) is 18.7 Å². The van der Waals surface area contributed by atoms with Gasteiger partial charge in [0.05, 0.1) is 6.33 Å². The number of aromatic nitrogens is 2. The molecule has 5 heteroatoms. The van der Waals surface area contributed by atoms with Gasteiger partial charge in [0.1, 0.15) is 5.66 Å². The molecule has 1 amide bonds. The van der Waals surface area contributed by atoms with Crippen LogP contribution in [0.1, 0.15) is 36.2 Å². The van der Waals surface area contributed by atoms with Gasteiger partial charge in [0.25, 0.3) is 5.91 Å². The molecule has 1 aliphatic carbocycles. The van der Waals surface area contributed by atoms with Crippen molar-refractivity contribution in [3.8, 4) is 0 Å². The van der Waals surface area contributed by atoms with Crippen molar-refractivity contribution in [2.75, 3.05) is 19.0 Å². The lowest BCUT2D eigenvalue weighted by Gasteiger charge is -2.49. The molecular weight excluding hydrogens is 216 g/mol. The molecule has 0 bridgehead atoms. The normalized spacial score (nSPS) is 22.4. The van der Waals surface area contributed by atoms with Gasteiger partial charge in [-0.3, -0.25) is 4.79 Å². The fourth-order valence-electron chi connectivity index (χ4n) is 3.29. The molecule has 1 saturated carbocycles. The Labute approximate surface area is 101 Å². The van der Waals surface area contributed by atoms with Crippen LogP contribution in [0.5, 0.6) is 0 Å². The number of fused-ring (bicyclic) bond motifs is 1. The second kappa shape index (κ2) is 3.24. The van der Waals surface area contributed by atoms with E-state index in [-0.39, 0.29) is 11.6 Å². The maximum absolute atomic E-state index is 12.4. The first-order valence-electron chi connectivity index (χ1n) is 6.11. The monoisotopic (exact) mass is 234 g/mol. The minimum Gasteiger partial charge on any atom is -0.335 e. The van der Waals surface area contributed by atoms with Crippen LogP contribution in [-0.2, 0) is 7.05 Å². The Balaban J connectivity index is 2.17. The van der Waals surface area contributed by atoms with Gasteiger partial charge in [-0.1, -0.05) is 0 Å². The Kier molecular flexibility index (Phi) is 2.03. The number of hydrogen-bond acceptors (Lipinski definition) is 3. The average Bonchev–Trinajstić information content (AvgIpc) is 2.92. The molecule has 17 heavy (non-hydrogen) atoms. The molecule has 1 aliphatic heterocycles. The maximum Gasteiger partial charge on any atom is 0.275 e. The molecule has 5 nitrogen and oxygen atoms in total. The summed E-state index contributed by atoms with van der Waals surface area (Å²) in [5.41, 5.74) is 0.561. The minimum atomic E-state index is -0.140. The highest BCUT2D eigenvalue weighted by molar-refractivity contribution is 6.00. The van der Waals surface area contributed by atoms with Crippen molar-refractivity contribution >= 4 is 11.7 Å². The molecule has 0 saturated heterocycles. The molecule has 0 aromatic carbocycles. The van der Waals surface area contributed by atoms with Gasteiger partial charge in [0.15, 0.2) is 11.5 Å². The molecule has 2 heterocycles. The van der Waals surface area contributed by atoms with Crippen molar-refractivity contribution in [2.24, 2.45) is 7.05 Å². The fourth-order valence-corrected chi connectivity index (χ4v) is 3.29. The van der Waals surface area contributed by atoms with Crippen LogP contribution in [0.2, 0.25) is 0 Å². The van der Waals surface area contributed by atoms with Gasteiger partial charge < -0.3 is 14.4 Å². The zero-order valence-electron chi connectivity index (χ0n) is 10.6. The second-order valence-electron chi connectivity index (χ2n) is 5.14. The zero-order valence-corrected chi connectivity index (χ0v) is 10.6. The van der Waals surface area contributed by atoms with E-state index in [1.165, 1.54) is 12.8 Å². The first kappa shape index (κ1) is 10.6. The number of carbonyl (C=O) groups is 1. The third-order valence-corrected chi connectivity index (χ3v) is 4.40. The predicted molar refractivity (Wildman–Crippen MR) is 64.9 cm³/mol. The smallest absolute Gasteiger partial charge is 0.275 e. The summed E-state index contributed by atoms with van der Waals surface area (Å²) in [5.74, 6) is 0.928. The van der Waals surface area contributed by atoms with Gasteiger partial charge in [-0.2, -0.15) is 0 Å². The van der Waals surface area contributed by atoms with Crippen molar-refractivity contribution in [1.82, 2.24) is 14.5 Å². The van der Waals surface area contributed by atoms with E-state index in [1.54, 1.807) is 6.33 Å². The molecular formula is C12H18N4O. The lowest BCUT2D eigenvalue weighted by molar-refractivity contribution is 0.0523. The van der Waals surface area contributed by atoms with Crippen LogP contribution in [0.25, 0.3) is 0 Å². The number of aryl methyl sites for hydroxylation is 1. The number of carbonyl (C=O) groups excluding carboxylic acids is 1. The maximum atomic E-state index is 12.4. The molecule has 1 aromatic heterocycles. The zero-order chi connectivity index (χ0) is 12.2. The Morgan fingerprint density at radius 1 is 1.18 bits per heavy atom. The Hall–Kier alpha value is -1.52. The molecule has 0 unspecified atom stereocenters. The van der Waals surface area contributed by atoms with Gasteiger partial charge in [0, 0.05) is 21.1 Å². The number of nitrogens with zero attached hydrogens (tertiary/aromatic N) is 4. The summed E-state index contributed by atoms with van der Waals surface area (Å²) in [6, 6.07) is 0. The molecule has 0 radical (unpaired) electrons. The molecule has 0 N–H and O–H groups in total. The van der Waals surface area contributed by atoms with Crippen molar-refractivity contribution < 1.29 is 4.79 Å². The van der Waals surface area contributed by atoms with Crippen LogP contribution in [-0.4, -0.2) is 40.1 Å². The minimum absolute atomic E-state index is 0.0972. The third-order valence-electron chi connectivity index (χ3n) is 4.40. The van der Waals surface area contributed by atoms with Crippen molar-refractivity contribution in [2.45, 2.75) is 31.3 Å². The van der Waals surface area contributed by atoms with Gasteiger partial charge in [0.2, 0.25) is 0 Å². The number of amides is 1. The highest BCUT2D eigenvalue weighted by Gasteiger charge is 2.49. The molecule has 92 valence electrons. The average molecular weight is 234 g/mol. The topological polar surface area (TPSA) is 41.4 Å². The van der Waals surface area contributed by atoms with E-state index in [0.29, 0.717) is 5.69 Å². The van der Waals surface area contributed by atoms with E-state index in [1.807, 2.05) is 23.6 Å². The first-order chi connectivity index (χ1) is 8.08. The highest BCUT2D eigenvalue weighted by Crippen LogP contribution is 2.43. The molecule has 2 aliphatic rings. The van der Waals surface area contributed by atoms with E-state index in [9.17, 15) is 4.79 Å². The second-order valence-corrected chi connectivity index (χ2v) is 5.14. The molecule has 1 fully saturated rings. The first-order valence-corrected chi connectivity index (χ1v) is 6.11. The molecule has 1 spiro atoms. The van der Waals surface area contributed by atoms with Crippen LogP contribution in [0, 0.1) is 0 Å². The third kappa shape index (κ3) is 1.14. The SMILES string of the molecule is CN1C(=O)c2c(ncn2C)N(C)C12CCCC2. The Bertz CT molecular complexity index is 473. The van der Waals surface area contributed by atoms with Gasteiger partial charge in [-0.15, -0.1) is 0 Å². The number of imidazole rings is 1. The van der Waals surface area contributed by atoms with Crippen LogP contribution >= 0.6 is 0 Å². The summed E-state index contributed by atoms with van der Waals surface area (Å²) in [7, 11) is 5.85. The Morgan fingerprint density at radius 3 is 2.47 bits per heavy atom. The largest absolute Gasteiger partial charge is 0.335 e. The van der Waals surface area contributed by atoms with E-state index < -0.39 is 0 Å². The number of rotatable bonds is 0. The van der Waals surface area contributed by atoms with Gasteiger partial charge in [-0.05, 0) is 25.7 Å². The standard InChI is InChI=1S/C12H18N4O/c1-14-8-13-10-9(14)11(17)16(3)12(15(10)2)6-4-5-7-12/h8H,4-7H2,1-3H3. The highest BCUT2D eigenvalue weighted by atomic mass is 16.2. The number of hydrogen-bond donors (Lipinski definition) is 0. The summed E-state index contributed by atoms with van der Waals surface area (Å²) in [6.07, 6.45) is 6.18. The number of anilines is 1. The summed E-state index contributed by atoms with van der Waals surface area (Å²) in [5, 5.41) is 0. The summed E-state index contributed by atoms with van der Waals surface area (Å²) < 4.78 is 1.81. The van der Waals surface area contributed by atoms with Gasteiger partial charge in [-0.25, -0.2) is 4.98 Å². The van der Waals surface area contributed by atoms with Crippen LogP contribution in [0.3, 0.4) is 0 Å². The lowest BCUT2D eigenvalue weighted by atomic mass is 10.0. The van der Waals surface area contributed by atoms with Crippen molar-refractivity contribution in [3.63, 3.8) is 0 Å². The molecule has 3 rings (SSSR count). The lowest BCUT2D eigenvalue weighted by Crippen LogP contribution is -2.62. The van der Waals surface area contributed by atoms with Crippen LogP contribution < -0.4 is 4.90 Å². The van der Waals surface area contributed by atoms with Crippen molar-refractivity contribution in [1.29, 1.82) is 0 Å². The van der Waals surface area contributed by atoms with Gasteiger partial charge >= 0.3 is 0 Å². The summed E-state index contributed by atoms with van der Waals surface area (Å²) in [4.78, 5) is 20.9. The van der Waals surface area contributed by atoms with Crippen LogP contribution in [0.4, 0.5) is 5.82 Å². The quantitative estimate of drug-likeness (QED) is 0.677. The van der Waals surface area contributed by atoms with Crippen LogP contribution in [0.15, 0.2) is 6.33 Å². The summed E-state index contributed by atoms with van der Waals surface area (Å²) in [6.45, 7) is 0. The Morgan fingerprint density at radius 2 is 1.82 bits per heavy atom. The summed E-state index contributed by atoms with van der Waals surface area (Å²) >= 11 is 0. The van der Waals surface area contributed by atoms with E-state index >= 15 is 0 Å². The molecule has 0 atom stereocenters. The van der Waals surface area contributed by atoms with E-state index in [4.69, 9.17) is 0 Å². The van der Waals surface area contributed by atoms with E-state index in [2.05, 4.69) is 16.9 Å². The molecule has 1 aromatic rings. The fraction of sp³-hybridized carbons (Fsp3) is 0.667.